The maximum absolute atomic E-state index is 13.7. The van der Waals surface area contributed by atoms with Crippen LogP contribution in [0.25, 0.3) is 0 Å². The van der Waals surface area contributed by atoms with E-state index in [9.17, 15) is 4.39 Å². The highest BCUT2D eigenvalue weighted by Gasteiger charge is 2.07. The smallest absolute Gasteiger partial charge is 0.129 e. The maximum atomic E-state index is 13.7. The Hall–Kier alpha value is -1.89. The van der Waals surface area contributed by atoms with Crippen LogP contribution in [0.15, 0.2) is 42.5 Å². The van der Waals surface area contributed by atoms with Crippen molar-refractivity contribution in [2.75, 3.05) is 7.05 Å². The minimum atomic E-state index is -0.296. The van der Waals surface area contributed by atoms with Gasteiger partial charge in [0.2, 0.25) is 0 Å². The van der Waals surface area contributed by atoms with Crippen molar-refractivity contribution in [3.05, 3.63) is 70.0 Å². The molecule has 0 heterocycles. The molecule has 0 saturated heterocycles. The molecule has 0 unspecified atom stereocenters. The highest BCUT2D eigenvalue weighted by molar-refractivity contribution is 6.30. The fourth-order valence-electron chi connectivity index (χ4n) is 2.05. The van der Waals surface area contributed by atoms with Crippen LogP contribution in [0.2, 0.25) is 5.02 Å². The van der Waals surface area contributed by atoms with E-state index in [0.717, 1.165) is 5.56 Å². The van der Waals surface area contributed by atoms with Crippen LogP contribution in [0, 0.1) is 17.1 Å². The van der Waals surface area contributed by atoms with Crippen LogP contribution in [0.1, 0.15) is 16.7 Å². The van der Waals surface area contributed by atoms with E-state index in [4.69, 9.17) is 16.9 Å². The molecule has 0 aromatic heterocycles. The highest BCUT2D eigenvalue weighted by Crippen LogP contribution is 2.17. The molecular weight excluding hydrogens is 275 g/mol. The van der Waals surface area contributed by atoms with Crippen molar-refractivity contribution in [1.82, 2.24) is 4.90 Å². The number of nitriles is 1. The lowest BCUT2D eigenvalue weighted by Crippen LogP contribution is -2.18. The van der Waals surface area contributed by atoms with Gasteiger partial charge in [-0.05, 0) is 36.9 Å². The summed E-state index contributed by atoms with van der Waals surface area (Å²) < 4.78 is 13.7. The van der Waals surface area contributed by atoms with Crippen LogP contribution in [0.3, 0.4) is 0 Å². The minimum absolute atomic E-state index is 0.296. The number of nitrogens with zero attached hydrogens (tertiary/aromatic N) is 2. The van der Waals surface area contributed by atoms with Crippen molar-refractivity contribution in [3.63, 3.8) is 0 Å². The molecule has 0 bridgehead atoms. The Kier molecular flexibility index (Phi) is 4.73. The Morgan fingerprint density at radius 3 is 2.70 bits per heavy atom. The van der Waals surface area contributed by atoms with E-state index in [2.05, 4.69) is 6.07 Å². The van der Waals surface area contributed by atoms with Crippen LogP contribution >= 0.6 is 11.6 Å². The van der Waals surface area contributed by atoms with Crippen LogP contribution < -0.4 is 0 Å². The fourth-order valence-corrected chi connectivity index (χ4v) is 2.21. The summed E-state index contributed by atoms with van der Waals surface area (Å²) in [5.74, 6) is -0.296. The first-order valence-electron chi connectivity index (χ1n) is 6.20. The molecule has 2 rings (SSSR count). The predicted molar refractivity (Wildman–Crippen MR) is 77.7 cm³/mol. The Labute approximate surface area is 123 Å². The monoisotopic (exact) mass is 288 g/mol. The van der Waals surface area contributed by atoms with Crippen molar-refractivity contribution in [2.24, 2.45) is 0 Å². The van der Waals surface area contributed by atoms with E-state index in [1.165, 1.54) is 6.07 Å². The predicted octanol–water partition coefficient (Wildman–Crippen LogP) is 3.98. The molecule has 0 amide bonds. The summed E-state index contributed by atoms with van der Waals surface area (Å²) in [6.45, 7) is 1.14. The summed E-state index contributed by atoms with van der Waals surface area (Å²) in [7, 11) is 1.91. The Morgan fingerprint density at radius 1 is 1.20 bits per heavy atom. The first kappa shape index (κ1) is 14.5. The first-order valence-corrected chi connectivity index (χ1v) is 6.58. The molecule has 0 N–H and O–H groups in total. The van der Waals surface area contributed by atoms with Gasteiger partial charge in [0.25, 0.3) is 0 Å². The minimum Gasteiger partial charge on any atom is -0.298 e. The Morgan fingerprint density at radius 2 is 2.00 bits per heavy atom. The Balaban J connectivity index is 2.05. The molecule has 2 aromatic carbocycles. The lowest BCUT2D eigenvalue weighted by molar-refractivity contribution is 0.313. The molecule has 0 fully saturated rings. The summed E-state index contributed by atoms with van der Waals surface area (Å²) in [6, 6.07) is 14.2. The van der Waals surface area contributed by atoms with Crippen molar-refractivity contribution in [2.45, 2.75) is 13.1 Å². The first-order chi connectivity index (χ1) is 9.58. The third-order valence-corrected chi connectivity index (χ3v) is 3.20. The molecular formula is C16H14ClFN2. The quantitative estimate of drug-likeness (QED) is 0.851. The van der Waals surface area contributed by atoms with E-state index in [0.29, 0.717) is 29.2 Å². The number of halogens is 2. The van der Waals surface area contributed by atoms with Gasteiger partial charge in [0, 0.05) is 23.7 Å². The molecule has 0 aliphatic rings. The van der Waals surface area contributed by atoms with Gasteiger partial charge >= 0.3 is 0 Å². The van der Waals surface area contributed by atoms with Gasteiger partial charge in [0.05, 0.1) is 11.6 Å². The van der Waals surface area contributed by atoms with E-state index in [1.54, 1.807) is 18.2 Å². The largest absolute Gasteiger partial charge is 0.298 e. The number of rotatable bonds is 4. The molecule has 0 aliphatic carbocycles. The average molecular weight is 289 g/mol. The zero-order valence-electron chi connectivity index (χ0n) is 11.1. The van der Waals surface area contributed by atoms with Crippen LogP contribution in [-0.4, -0.2) is 11.9 Å². The normalized spacial score (nSPS) is 10.6. The van der Waals surface area contributed by atoms with Gasteiger partial charge < -0.3 is 0 Å². The molecule has 0 spiro atoms. The standard InChI is InChI=1S/C16H14ClFN2/c1-20(10-13-4-2-3-12(7-13)9-19)11-14-5-6-15(17)8-16(14)18/h2-8H,10-11H2,1H3. The molecule has 0 radical (unpaired) electrons. The molecule has 0 saturated carbocycles. The van der Waals surface area contributed by atoms with Crippen LogP contribution in [-0.2, 0) is 13.1 Å². The van der Waals surface area contributed by atoms with Crippen molar-refractivity contribution in [1.29, 1.82) is 5.26 Å². The van der Waals surface area contributed by atoms with E-state index < -0.39 is 0 Å². The second-order valence-corrected chi connectivity index (χ2v) is 5.16. The molecule has 20 heavy (non-hydrogen) atoms. The molecule has 0 atom stereocenters. The molecule has 0 aliphatic heterocycles. The third kappa shape index (κ3) is 3.80. The topological polar surface area (TPSA) is 27.0 Å². The third-order valence-electron chi connectivity index (χ3n) is 2.96. The van der Waals surface area contributed by atoms with E-state index in [-0.39, 0.29) is 5.82 Å². The lowest BCUT2D eigenvalue weighted by Gasteiger charge is -2.17. The van der Waals surface area contributed by atoms with Gasteiger partial charge in [-0.15, -0.1) is 0 Å². The second kappa shape index (κ2) is 6.51. The summed E-state index contributed by atoms with van der Waals surface area (Å²) >= 11 is 5.73. The van der Waals surface area contributed by atoms with Gasteiger partial charge in [0.15, 0.2) is 0 Å². The van der Waals surface area contributed by atoms with E-state index >= 15 is 0 Å². The summed E-state index contributed by atoms with van der Waals surface area (Å²) in [5, 5.41) is 9.27. The van der Waals surface area contributed by atoms with Crippen LogP contribution in [0.4, 0.5) is 4.39 Å². The number of benzene rings is 2. The van der Waals surface area contributed by atoms with Gasteiger partial charge in [-0.3, -0.25) is 4.90 Å². The van der Waals surface area contributed by atoms with E-state index in [1.807, 2.05) is 30.1 Å². The summed E-state index contributed by atoms with van der Waals surface area (Å²) in [6.07, 6.45) is 0. The fraction of sp³-hybridized carbons (Fsp3) is 0.188. The SMILES string of the molecule is CN(Cc1cccc(C#N)c1)Cc1ccc(Cl)cc1F. The van der Waals surface area contributed by atoms with Crippen molar-refractivity contribution in [3.8, 4) is 6.07 Å². The zero-order chi connectivity index (χ0) is 14.5. The Bertz CT molecular complexity index is 649. The number of hydrogen-bond acceptors (Lipinski definition) is 2. The van der Waals surface area contributed by atoms with Gasteiger partial charge in [-0.25, -0.2) is 4.39 Å². The maximum Gasteiger partial charge on any atom is 0.129 e. The summed E-state index contributed by atoms with van der Waals surface area (Å²) in [5.41, 5.74) is 2.27. The lowest BCUT2D eigenvalue weighted by atomic mass is 10.1. The van der Waals surface area contributed by atoms with Gasteiger partial charge in [-0.2, -0.15) is 5.26 Å². The molecule has 102 valence electrons. The van der Waals surface area contributed by atoms with Crippen molar-refractivity contribution >= 4 is 11.6 Å². The zero-order valence-corrected chi connectivity index (χ0v) is 11.9. The van der Waals surface area contributed by atoms with Gasteiger partial charge in [0.1, 0.15) is 5.82 Å². The molecule has 4 heteroatoms. The molecule has 2 nitrogen and oxygen atoms in total. The number of hydrogen-bond donors (Lipinski definition) is 0. The van der Waals surface area contributed by atoms with Crippen LogP contribution in [0.5, 0.6) is 0 Å². The second-order valence-electron chi connectivity index (χ2n) is 4.72. The summed E-state index contributed by atoms with van der Waals surface area (Å²) in [4.78, 5) is 1.99. The molecule has 2 aromatic rings. The van der Waals surface area contributed by atoms with Gasteiger partial charge in [-0.1, -0.05) is 29.8 Å². The highest BCUT2D eigenvalue weighted by atomic mass is 35.5. The average Bonchev–Trinajstić information content (AvgIpc) is 2.42. The van der Waals surface area contributed by atoms with Crippen molar-refractivity contribution < 1.29 is 4.39 Å².